The molecule has 5 nitrogen and oxygen atoms in total. The van der Waals surface area contributed by atoms with Gasteiger partial charge in [-0.25, -0.2) is 4.79 Å². The van der Waals surface area contributed by atoms with Crippen molar-refractivity contribution in [2.24, 2.45) is 0 Å². The van der Waals surface area contributed by atoms with E-state index in [1.54, 1.807) is 0 Å². The van der Waals surface area contributed by atoms with Gasteiger partial charge in [0.05, 0.1) is 13.3 Å². The maximum Gasteiger partial charge on any atom is 0.355 e. The van der Waals surface area contributed by atoms with Crippen molar-refractivity contribution in [1.82, 2.24) is 9.88 Å². The van der Waals surface area contributed by atoms with Crippen LogP contribution in [0.4, 0.5) is 0 Å². The third-order valence-electron chi connectivity index (χ3n) is 4.42. The van der Waals surface area contributed by atoms with Gasteiger partial charge in [0, 0.05) is 24.1 Å². The summed E-state index contributed by atoms with van der Waals surface area (Å²) in [5.41, 5.74) is 2.98. The zero-order chi connectivity index (χ0) is 16.2. The largest absolute Gasteiger partial charge is 0.461 e. The monoisotopic (exact) mass is 316 g/mol. The van der Waals surface area contributed by atoms with Crippen LogP contribution in [0.25, 0.3) is 10.9 Å². The molecule has 1 fully saturated rings. The number of fused-ring (bicyclic) bond motifs is 1. The van der Waals surface area contributed by atoms with Gasteiger partial charge in [-0.05, 0) is 56.5 Å². The molecule has 23 heavy (non-hydrogen) atoms. The summed E-state index contributed by atoms with van der Waals surface area (Å²) in [6, 6.07) is 8.44. The van der Waals surface area contributed by atoms with Crippen molar-refractivity contribution >= 4 is 16.9 Å². The van der Waals surface area contributed by atoms with E-state index in [4.69, 9.17) is 9.47 Å². The van der Waals surface area contributed by atoms with Gasteiger partial charge in [-0.15, -0.1) is 0 Å². The predicted molar refractivity (Wildman–Crippen MR) is 89.7 cm³/mol. The lowest BCUT2D eigenvalue weighted by Gasteiger charge is -2.22. The molecule has 0 bridgehead atoms. The van der Waals surface area contributed by atoms with Crippen LogP contribution in [0.5, 0.6) is 0 Å². The fourth-order valence-electron chi connectivity index (χ4n) is 3.28. The molecular formula is C18H24N2O3. The first kappa shape index (κ1) is 16.0. The van der Waals surface area contributed by atoms with E-state index in [9.17, 15) is 4.79 Å². The summed E-state index contributed by atoms with van der Waals surface area (Å²) in [5.74, 6) is 0.276. The first-order chi connectivity index (χ1) is 11.2. The van der Waals surface area contributed by atoms with Crippen molar-refractivity contribution in [2.45, 2.75) is 32.4 Å². The highest BCUT2D eigenvalue weighted by Crippen LogP contribution is 2.30. The molecule has 0 saturated carbocycles. The summed E-state index contributed by atoms with van der Waals surface area (Å²) in [5, 5.41) is 4.21. The Bertz CT molecular complexity index is 687. The third kappa shape index (κ3) is 3.26. The number of hydrogen-bond donors (Lipinski definition) is 1. The van der Waals surface area contributed by atoms with Crippen LogP contribution in [0.15, 0.2) is 24.3 Å². The van der Waals surface area contributed by atoms with Gasteiger partial charge in [-0.3, -0.25) is 0 Å². The van der Waals surface area contributed by atoms with E-state index in [-0.39, 0.29) is 5.97 Å². The lowest BCUT2D eigenvalue weighted by molar-refractivity contribution is 0.0514. The number of rotatable bonds is 5. The molecule has 1 aromatic carbocycles. The quantitative estimate of drug-likeness (QED) is 0.862. The maximum absolute atomic E-state index is 12.2. The molecule has 2 aromatic rings. The Morgan fingerprint density at radius 1 is 1.35 bits per heavy atom. The minimum atomic E-state index is -0.272. The summed E-state index contributed by atoms with van der Waals surface area (Å²) in [6.45, 7) is 4.45. The molecule has 5 heteroatoms. The van der Waals surface area contributed by atoms with Crippen molar-refractivity contribution < 1.29 is 14.3 Å². The fraction of sp³-hybridized carbons (Fsp3) is 0.500. The zero-order valence-electron chi connectivity index (χ0n) is 13.8. The topological polar surface area (TPSA) is 52.5 Å². The van der Waals surface area contributed by atoms with Gasteiger partial charge < -0.3 is 19.4 Å². The van der Waals surface area contributed by atoms with E-state index in [0.717, 1.165) is 37.0 Å². The van der Waals surface area contributed by atoms with Crippen LogP contribution in [0.2, 0.25) is 0 Å². The van der Waals surface area contributed by atoms with Crippen molar-refractivity contribution in [3.05, 3.63) is 35.5 Å². The molecule has 0 spiro atoms. The second-order valence-electron chi connectivity index (χ2n) is 5.89. The van der Waals surface area contributed by atoms with Gasteiger partial charge >= 0.3 is 5.97 Å². The minimum Gasteiger partial charge on any atom is -0.461 e. The van der Waals surface area contributed by atoms with Crippen molar-refractivity contribution in [1.29, 1.82) is 0 Å². The smallest absolute Gasteiger partial charge is 0.355 e. The summed E-state index contributed by atoms with van der Waals surface area (Å²) < 4.78 is 12.6. The average molecular weight is 316 g/mol. The number of nitrogens with one attached hydrogen (secondary N) is 1. The number of esters is 1. The maximum atomic E-state index is 12.2. The Morgan fingerprint density at radius 2 is 2.13 bits per heavy atom. The summed E-state index contributed by atoms with van der Waals surface area (Å²) in [6.07, 6.45) is 2.13. The molecule has 1 aromatic heterocycles. The Balaban J connectivity index is 2.00. The molecule has 1 aliphatic rings. The average Bonchev–Trinajstić information content (AvgIpc) is 2.94. The van der Waals surface area contributed by atoms with E-state index in [2.05, 4.69) is 23.5 Å². The van der Waals surface area contributed by atoms with Gasteiger partial charge in [-0.2, -0.15) is 0 Å². The molecule has 0 radical (unpaired) electrons. The SMILES string of the molecule is CCOC(=O)c1cc2cc(C3CCOCC3)ccc2n1CNC. The summed E-state index contributed by atoms with van der Waals surface area (Å²) in [4.78, 5) is 12.2. The number of aromatic nitrogens is 1. The van der Waals surface area contributed by atoms with Gasteiger partial charge in [0.25, 0.3) is 0 Å². The van der Waals surface area contributed by atoms with E-state index in [0.29, 0.717) is 24.9 Å². The molecule has 1 saturated heterocycles. The number of hydrogen-bond acceptors (Lipinski definition) is 4. The molecule has 124 valence electrons. The lowest BCUT2D eigenvalue weighted by Crippen LogP contribution is -2.18. The van der Waals surface area contributed by atoms with Crippen molar-refractivity contribution in [3.63, 3.8) is 0 Å². The van der Waals surface area contributed by atoms with Gasteiger partial charge in [0.1, 0.15) is 5.69 Å². The first-order valence-electron chi connectivity index (χ1n) is 8.27. The Kier molecular flexibility index (Phi) is 4.98. The second-order valence-corrected chi connectivity index (χ2v) is 5.89. The van der Waals surface area contributed by atoms with Crippen LogP contribution in [-0.2, 0) is 16.1 Å². The number of carbonyl (C=O) groups is 1. The van der Waals surface area contributed by atoms with E-state index < -0.39 is 0 Å². The fourth-order valence-corrected chi connectivity index (χ4v) is 3.28. The van der Waals surface area contributed by atoms with Gasteiger partial charge in [0.15, 0.2) is 0 Å². The zero-order valence-corrected chi connectivity index (χ0v) is 13.8. The van der Waals surface area contributed by atoms with E-state index in [1.807, 2.05) is 24.6 Å². The van der Waals surface area contributed by atoms with Crippen LogP contribution in [-0.4, -0.2) is 37.4 Å². The standard InChI is InChI=1S/C18H24N2O3/c1-3-23-18(21)17-11-15-10-14(13-6-8-22-9-7-13)4-5-16(15)20(17)12-19-2/h4-5,10-11,13,19H,3,6-9,12H2,1-2H3. The summed E-state index contributed by atoms with van der Waals surface area (Å²) >= 11 is 0. The van der Waals surface area contributed by atoms with Gasteiger partial charge in [0.2, 0.25) is 0 Å². The van der Waals surface area contributed by atoms with E-state index >= 15 is 0 Å². The molecule has 1 aliphatic heterocycles. The second kappa shape index (κ2) is 7.15. The van der Waals surface area contributed by atoms with Crippen molar-refractivity contribution in [2.75, 3.05) is 26.9 Å². The minimum absolute atomic E-state index is 0.272. The number of nitrogens with zero attached hydrogens (tertiary/aromatic N) is 1. The highest BCUT2D eigenvalue weighted by molar-refractivity contribution is 5.95. The predicted octanol–water partition coefficient (Wildman–Crippen LogP) is 2.89. The van der Waals surface area contributed by atoms with Crippen LogP contribution in [0, 0.1) is 0 Å². The first-order valence-corrected chi connectivity index (χ1v) is 8.27. The number of ether oxygens (including phenoxy) is 2. The highest BCUT2D eigenvalue weighted by Gasteiger charge is 2.19. The summed E-state index contributed by atoms with van der Waals surface area (Å²) in [7, 11) is 1.87. The Hall–Kier alpha value is -1.85. The molecule has 3 rings (SSSR count). The molecule has 0 amide bonds. The number of carbonyl (C=O) groups excluding carboxylic acids is 1. The highest BCUT2D eigenvalue weighted by atomic mass is 16.5. The third-order valence-corrected chi connectivity index (χ3v) is 4.42. The molecule has 0 unspecified atom stereocenters. The van der Waals surface area contributed by atoms with Crippen molar-refractivity contribution in [3.8, 4) is 0 Å². The molecular weight excluding hydrogens is 292 g/mol. The van der Waals surface area contributed by atoms with Crippen LogP contribution >= 0.6 is 0 Å². The van der Waals surface area contributed by atoms with Gasteiger partial charge in [-0.1, -0.05) is 6.07 Å². The van der Waals surface area contributed by atoms with E-state index in [1.165, 1.54) is 5.56 Å². The number of benzene rings is 1. The van der Waals surface area contributed by atoms with Crippen LogP contribution in [0.1, 0.15) is 41.7 Å². The van der Waals surface area contributed by atoms with Crippen LogP contribution in [0.3, 0.4) is 0 Å². The normalized spacial score (nSPS) is 15.9. The molecule has 1 N–H and O–H groups in total. The molecule has 0 atom stereocenters. The van der Waals surface area contributed by atoms with Crippen LogP contribution < -0.4 is 5.32 Å². The Labute approximate surface area is 136 Å². The Morgan fingerprint density at radius 3 is 2.83 bits per heavy atom. The lowest BCUT2D eigenvalue weighted by atomic mass is 9.91. The molecule has 0 aliphatic carbocycles. The molecule has 2 heterocycles.